The minimum absolute atomic E-state index is 0.171. The van der Waals surface area contributed by atoms with Gasteiger partial charge in [-0.3, -0.25) is 14.6 Å². The molecule has 36 heavy (non-hydrogen) atoms. The molecule has 1 amide bonds. The highest BCUT2D eigenvalue weighted by molar-refractivity contribution is 6.31. The molecule has 4 saturated carbocycles. The first-order valence-electron chi connectivity index (χ1n) is 13.0. The van der Waals surface area contributed by atoms with Crippen LogP contribution in [-0.2, 0) is 21.4 Å². The Bertz CT molecular complexity index is 1140. The standard InChI is InChI=1S/C29H35ClFN3O2/c1-28(2,22-4-3-21(31)12-23(22)30)27(36)34-16-24(32)26-19-9-18-10-20(26)15-29(13-18,14-19)25(35)11-17-5-7-33-8-6-17/h3-8,12,18-20,24,26H,9-11,13-16,32H2,1-2H3,(H,34,36). The average molecular weight is 512 g/mol. The number of hydrogen-bond acceptors (Lipinski definition) is 4. The van der Waals surface area contributed by atoms with Crippen molar-refractivity contribution in [1.82, 2.24) is 10.3 Å². The van der Waals surface area contributed by atoms with Gasteiger partial charge in [0.15, 0.2) is 0 Å². The minimum atomic E-state index is -0.919. The van der Waals surface area contributed by atoms with Crippen LogP contribution in [0, 0.1) is 34.9 Å². The molecule has 1 aromatic carbocycles. The van der Waals surface area contributed by atoms with Gasteiger partial charge in [-0.25, -0.2) is 4.39 Å². The zero-order valence-electron chi connectivity index (χ0n) is 21.0. The topological polar surface area (TPSA) is 85.1 Å². The van der Waals surface area contributed by atoms with E-state index in [0.29, 0.717) is 48.0 Å². The maximum absolute atomic E-state index is 13.5. The fraction of sp³-hybridized carbons (Fsp3) is 0.552. The molecule has 5 nitrogen and oxygen atoms in total. The third-order valence-electron chi connectivity index (χ3n) is 9.22. The second-order valence-corrected chi connectivity index (χ2v) is 12.3. The van der Waals surface area contributed by atoms with Crippen LogP contribution in [0.25, 0.3) is 0 Å². The van der Waals surface area contributed by atoms with Crippen molar-refractivity contribution in [3.05, 3.63) is 64.7 Å². The normalized spacial score (nSPS) is 29.7. The third kappa shape index (κ3) is 4.58. The summed E-state index contributed by atoms with van der Waals surface area (Å²) >= 11 is 6.24. The van der Waals surface area contributed by atoms with E-state index >= 15 is 0 Å². The summed E-state index contributed by atoms with van der Waals surface area (Å²) in [6, 6.07) is 7.81. The molecule has 1 aromatic heterocycles. The van der Waals surface area contributed by atoms with Gasteiger partial charge in [0, 0.05) is 41.8 Å². The van der Waals surface area contributed by atoms with E-state index in [1.807, 2.05) is 12.1 Å². The molecule has 4 fully saturated rings. The van der Waals surface area contributed by atoms with E-state index in [2.05, 4.69) is 10.3 Å². The van der Waals surface area contributed by atoms with Gasteiger partial charge in [-0.15, -0.1) is 0 Å². The molecule has 2 aromatic rings. The first-order chi connectivity index (χ1) is 17.1. The van der Waals surface area contributed by atoms with Crippen molar-refractivity contribution in [3.63, 3.8) is 0 Å². The molecule has 1 heterocycles. The Balaban J connectivity index is 1.24. The van der Waals surface area contributed by atoms with Gasteiger partial charge in [-0.2, -0.15) is 0 Å². The van der Waals surface area contributed by atoms with Crippen LogP contribution in [0.2, 0.25) is 5.02 Å². The predicted molar refractivity (Wildman–Crippen MR) is 138 cm³/mol. The Morgan fingerprint density at radius 2 is 1.83 bits per heavy atom. The van der Waals surface area contributed by atoms with Crippen molar-refractivity contribution in [2.45, 2.75) is 63.8 Å². The number of nitrogens with zero attached hydrogens (tertiary/aromatic N) is 1. The monoisotopic (exact) mass is 511 g/mol. The lowest BCUT2D eigenvalue weighted by atomic mass is 9.44. The van der Waals surface area contributed by atoms with E-state index in [1.54, 1.807) is 32.3 Å². The summed E-state index contributed by atoms with van der Waals surface area (Å²) in [4.78, 5) is 30.7. The Morgan fingerprint density at radius 3 is 2.47 bits per heavy atom. The molecule has 0 aliphatic heterocycles. The number of carbonyl (C=O) groups excluding carboxylic acids is 2. The van der Waals surface area contributed by atoms with Gasteiger partial charge in [0.1, 0.15) is 11.6 Å². The quantitative estimate of drug-likeness (QED) is 0.530. The van der Waals surface area contributed by atoms with Crippen LogP contribution in [-0.4, -0.2) is 29.3 Å². The van der Waals surface area contributed by atoms with Crippen molar-refractivity contribution in [2.24, 2.45) is 34.8 Å². The number of ketones is 1. The number of aromatic nitrogens is 1. The number of halogens is 2. The van der Waals surface area contributed by atoms with Crippen LogP contribution in [0.1, 0.15) is 57.1 Å². The third-order valence-corrected chi connectivity index (χ3v) is 9.53. The second-order valence-electron chi connectivity index (χ2n) is 11.9. The summed E-state index contributed by atoms with van der Waals surface area (Å²) in [7, 11) is 0. The summed E-state index contributed by atoms with van der Waals surface area (Å²) in [5.74, 6) is 1.50. The number of rotatable bonds is 8. The molecule has 6 rings (SSSR count). The average Bonchev–Trinajstić information content (AvgIpc) is 2.82. The zero-order chi connectivity index (χ0) is 25.7. The van der Waals surface area contributed by atoms with E-state index < -0.39 is 11.2 Å². The van der Waals surface area contributed by atoms with Gasteiger partial charge in [0.25, 0.3) is 0 Å². The highest BCUT2D eigenvalue weighted by atomic mass is 35.5. The number of pyridine rings is 1. The summed E-state index contributed by atoms with van der Waals surface area (Å²) in [6.07, 6.45) is 9.05. The van der Waals surface area contributed by atoms with Gasteiger partial charge in [-0.1, -0.05) is 17.7 Å². The molecule has 3 atom stereocenters. The Morgan fingerprint density at radius 1 is 1.17 bits per heavy atom. The first kappa shape index (κ1) is 25.3. The molecule has 0 saturated heterocycles. The van der Waals surface area contributed by atoms with E-state index in [-0.39, 0.29) is 22.4 Å². The molecule has 7 heteroatoms. The van der Waals surface area contributed by atoms with Crippen LogP contribution < -0.4 is 11.1 Å². The van der Waals surface area contributed by atoms with Crippen LogP contribution >= 0.6 is 11.6 Å². The fourth-order valence-corrected chi connectivity index (χ4v) is 8.07. The molecule has 3 N–H and O–H groups in total. The SMILES string of the molecule is CC(C)(C(=O)NCC(N)C1C2CC3CC1CC(C(=O)Cc1ccncc1)(C3)C2)c1ccc(F)cc1Cl. The lowest BCUT2D eigenvalue weighted by Gasteiger charge is -2.60. The number of carbonyl (C=O) groups is 2. The van der Waals surface area contributed by atoms with Gasteiger partial charge in [-0.05, 0) is 105 Å². The molecular formula is C29H35ClFN3O2. The lowest BCUT2D eigenvalue weighted by molar-refractivity contribution is -0.151. The Hall–Kier alpha value is -2.31. The molecule has 4 aliphatic carbocycles. The molecular weight excluding hydrogens is 477 g/mol. The van der Waals surface area contributed by atoms with E-state index in [4.69, 9.17) is 17.3 Å². The van der Waals surface area contributed by atoms with Crippen molar-refractivity contribution in [1.29, 1.82) is 0 Å². The highest BCUT2D eigenvalue weighted by Gasteiger charge is 2.58. The molecule has 0 radical (unpaired) electrons. The smallest absolute Gasteiger partial charge is 0.230 e. The minimum Gasteiger partial charge on any atom is -0.354 e. The summed E-state index contributed by atoms with van der Waals surface area (Å²) in [5.41, 5.74) is 7.22. The van der Waals surface area contributed by atoms with Crippen LogP contribution in [0.4, 0.5) is 4.39 Å². The molecule has 3 unspecified atom stereocenters. The van der Waals surface area contributed by atoms with Gasteiger partial charge < -0.3 is 11.1 Å². The van der Waals surface area contributed by atoms with Gasteiger partial charge in [0.2, 0.25) is 5.91 Å². The first-order valence-corrected chi connectivity index (χ1v) is 13.4. The van der Waals surface area contributed by atoms with Crippen LogP contribution in [0.3, 0.4) is 0 Å². The largest absolute Gasteiger partial charge is 0.354 e. The number of benzene rings is 1. The fourth-order valence-electron chi connectivity index (χ4n) is 7.66. The summed E-state index contributed by atoms with van der Waals surface area (Å²) < 4.78 is 13.5. The Kier molecular flexibility index (Phi) is 6.71. The maximum atomic E-state index is 13.5. The molecule has 4 aliphatic rings. The van der Waals surface area contributed by atoms with Crippen molar-refractivity contribution >= 4 is 23.3 Å². The molecule has 4 bridgehead atoms. The van der Waals surface area contributed by atoms with Crippen molar-refractivity contribution in [2.75, 3.05) is 6.54 Å². The number of amides is 1. The van der Waals surface area contributed by atoms with E-state index in [1.165, 1.54) is 12.1 Å². The number of Topliss-reactive ketones (excluding diaryl/α,β-unsaturated/α-hetero) is 1. The summed E-state index contributed by atoms with van der Waals surface area (Å²) in [6.45, 7) is 3.95. The lowest BCUT2D eigenvalue weighted by Crippen LogP contribution is -2.60. The predicted octanol–water partition coefficient (Wildman–Crippen LogP) is 4.85. The number of nitrogens with two attached hydrogens (primary N) is 1. The van der Waals surface area contributed by atoms with Crippen molar-refractivity contribution in [3.8, 4) is 0 Å². The van der Waals surface area contributed by atoms with Gasteiger partial charge >= 0.3 is 0 Å². The maximum Gasteiger partial charge on any atom is 0.230 e. The molecule has 0 spiro atoms. The van der Waals surface area contributed by atoms with Crippen LogP contribution in [0.15, 0.2) is 42.7 Å². The highest BCUT2D eigenvalue weighted by Crippen LogP contribution is 2.63. The Labute approximate surface area is 217 Å². The second kappa shape index (κ2) is 9.53. The summed E-state index contributed by atoms with van der Waals surface area (Å²) in [5, 5.41) is 3.29. The van der Waals surface area contributed by atoms with Crippen molar-refractivity contribution < 1.29 is 14.0 Å². The van der Waals surface area contributed by atoms with Gasteiger partial charge in [0.05, 0.1) is 5.41 Å². The van der Waals surface area contributed by atoms with Crippen LogP contribution in [0.5, 0.6) is 0 Å². The van der Waals surface area contributed by atoms with E-state index in [9.17, 15) is 14.0 Å². The number of hydrogen-bond donors (Lipinski definition) is 2. The van der Waals surface area contributed by atoms with E-state index in [0.717, 1.165) is 37.7 Å². The zero-order valence-corrected chi connectivity index (χ0v) is 21.7. The number of nitrogens with one attached hydrogen (secondary N) is 1. The molecule has 192 valence electrons.